The predicted molar refractivity (Wildman–Crippen MR) is 91.9 cm³/mol. The van der Waals surface area contributed by atoms with Crippen LogP contribution in [0.3, 0.4) is 0 Å². The van der Waals surface area contributed by atoms with Crippen molar-refractivity contribution in [2.24, 2.45) is 0 Å². The van der Waals surface area contributed by atoms with Gasteiger partial charge >= 0.3 is 5.69 Å². The van der Waals surface area contributed by atoms with Crippen LogP contribution in [0.25, 0.3) is 0 Å². The van der Waals surface area contributed by atoms with Crippen molar-refractivity contribution in [1.29, 1.82) is 0 Å². The van der Waals surface area contributed by atoms with Gasteiger partial charge in [-0.05, 0) is 37.1 Å². The highest BCUT2D eigenvalue weighted by molar-refractivity contribution is 9.10. The molecule has 0 radical (unpaired) electrons. The lowest BCUT2D eigenvalue weighted by Crippen LogP contribution is -2.33. The standard InChI is InChI=1S/C15H14BrN5O3/c1-9-6-10(2-3-12(9)16)20-5-4-13(14(20)22)19-15-17-7-11(8-18-15)21(23)24/h2-3,6-8,13H,4-5H2,1H3,(H,17,18,19). The molecule has 1 atom stereocenters. The Morgan fingerprint density at radius 1 is 1.38 bits per heavy atom. The van der Waals surface area contributed by atoms with Crippen molar-refractivity contribution < 1.29 is 9.72 Å². The number of hydrogen-bond acceptors (Lipinski definition) is 6. The second-order valence-electron chi connectivity index (χ2n) is 5.43. The second-order valence-corrected chi connectivity index (χ2v) is 6.29. The molecule has 1 aromatic heterocycles. The van der Waals surface area contributed by atoms with Gasteiger partial charge in [0.15, 0.2) is 0 Å². The highest BCUT2D eigenvalue weighted by Gasteiger charge is 2.33. The first-order valence-corrected chi connectivity index (χ1v) is 8.05. The van der Waals surface area contributed by atoms with E-state index >= 15 is 0 Å². The van der Waals surface area contributed by atoms with Gasteiger partial charge in [0.05, 0.1) is 4.92 Å². The van der Waals surface area contributed by atoms with Crippen LogP contribution in [0.1, 0.15) is 12.0 Å². The van der Waals surface area contributed by atoms with Crippen molar-refractivity contribution >= 4 is 39.2 Å². The average Bonchev–Trinajstić information content (AvgIpc) is 2.91. The Kier molecular flexibility index (Phi) is 4.43. The predicted octanol–water partition coefficient (Wildman–Crippen LogP) is 2.67. The molecule has 124 valence electrons. The van der Waals surface area contributed by atoms with Gasteiger partial charge in [-0.15, -0.1) is 0 Å². The fourth-order valence-electron chi connectivity index (χ4n) is 2.51. The number of rotatable bonds is 4. The van der Waals surface area contributed by atoms with E-state index in [4.69, 9.17) is 0 Å². The summed E-state index contributed by atoms with van der Waals surface area (Å²) in [4.78, 5) is 32.1. The van der Waals surface area contributed by atoms with Crippen LogP contribution in [-0.2, 0) is 4.79 Å². The van der Waals surface area contributed by atoms with Crippen LogP contribution in [-0.4, -0.2) is 33.4 Å². The summed E-state index contributed by atoms with van der Waals surface area (Å²) in [5, 5.41) is 13.5. The van der Waals surface area contributed by atoms with Gasteiger partial charge in [-0.2, -0.15) is 0 Å². The minimum Gasteiger partial charge on any atom is -0.342 e. The number of benzene rings is 1. The zero-order chi connectivity index (χ0) is 17.3. The number of nitrogens with zero attached hydrogens (tertiary/aromatic N) is 4. The largest absolute Gasteiger partial charge is 0.342 e. The molecule has 3 rings (SSSR count). The monoisotopic (exact) mass is 391 g/mol. The van der Waals surface area contributed by atoms with Crippen LogP contribution in [0.5, 0.6) is 0 Å². The number of halogens is 1. The van der Waals surface area contributed by atoms with Gasteiger partial charge in [-0.1, -0.05) is 15.9 Å². The Bertz CT molecular complexity index is 796. The summed E-state index contributed by atoms with van der Waals surface area (Å²) in [6, 6.07) is 5.31. The molecule has 0 spiro atoms. The molecule has 8 nitrogen and oxygen atoms in total. The van der Waals surface area contributed by atoms with Gasteiger partial charge in [-0.3, -0.25) is 14.9 Å². The molecular formula is C15H14BrN5O3. The molecule has 1 saturated heterocycles. The minimum absolute atomic E-state index is 0.0707. The molecule has 9 heteroatoms. The van der Waals surface area contributed by atoms with Gasteiger partial charge in [-0.25, -0.2) is 9.97 Å². The zero-order valence-electron chi connectivity index (χ0n) is 12.8. The average molecular weight is 392 g/mol. The Morgan fingerprint density at radius 3 is 2.71 bits per heavy atom. The van der Waals surface area contributed by atoms with Crippen LogP contribution in [0.2, 0.25) is 0 Å². The van der Waals surface area contributed by atoms with E-state index in [2.05, 4.69) is 31.2 Å². The number of nitro groups is 1. The van der Waals surface area contributed by atoms with E-state index in [-0.39, 0.29) is 17.5 Å². The lowest BCUT2D eigenvalue weighted by molar-refractivity contribution is -0.385. The van der Waals surface area contributed by atoms with Crippen LogP contribution in [0, 0.1) is 17.0 Å². The molecule has 1 fully saturated rings. The first-order chi connectivity index (χ1) is 11.5. The number of anilines is 2. The number of amides is 1. The van der Waals surface area contributed by atoms with E-state index in [1.165, 1.54) is 0 Å². The van der Waals surface area contributed by atoms with E-state index in [1.54, 1.807) is 4.90 Å². The van der Waals surface area contributed by atoms with E-state index < -0.39 is 11.0 Å². The van der Waals surface area contributed by atoms with Gasteiger partial charge < -0.3 is 10.2 Å². The molecule has 24 heavy (non-hydrogen) atoms. The highest BCUT2D eigenvalue weighted by Crippen LogP contribution is 2.27. The molecule has 0 aliphatic carbocycles. The van der Waals surface area contributed by atoms with Gasteiger partial charge in [0.1, 0.15) is 18.4 Å². The van der Waals surface area contributed by atoms with E-state index in [0.29, 0.717) is 13.0 Å². The molecule has 1 unspecified atom stereocenters. The minimum atomic E-state index is -0.567. The van der Waals surface area contributed by atoms with E-state index in [0.717, 1.165) is 28.1 Å². The van der Waals surface area contributed by atoms with Crippen molar-refractivity contribution in [3.05, 3.63) is 50.7 Å². The Morgan fingerprint density at radius 2 is 2.08 bits per heavy atom. The quantitative estimate of drug-likeness (QED) is 0.634. The fraction of sp³-hybridized carbons (Fsp3) is 0.267. The Hall–Kier alpha value is -2.55. The summed E-state index contributed by atoms with van der Waals surface area (Å²) >= 11 is 3.44. The number of carbonyl (C=O) groups is 1. The first-order valence-electron chi connectivity index (χ1n) is 7.26. The summed E-state index contributed by atoms with van der Waals surface area (Å²) in [5.41, 5.74) is 1.70. The van der Waals surface area contributed by atoms with Gasteiger partial charge in [0, 0.05) is 16.7 Å². The Balaban J connectivity index is 1.71. The summed E-state index contributed by atoms with van der Waals surface area (Å²) in [6.07, 6.45) is 2.84. The summed E-state index contributed by atoms with van der Waals surface area (Å²) < 4.78 is 0.992. The maximum Gasteiger partial charge on any atom is 0.305 e. The van der Waals surface area contributed by atoms with Gasteiger partial charge in [0.25, 0.3) is 0 Å². The first kappa shape index (κ1) is 16.3. The maximum absolute atomic E-state index is 12.6. The number of nitrogens with one attached hydrogen (secondary N) is 1. The van der Waals surface area contributed by atoms with E-state index in [1.807, 2.05) is 25.1 Å². The highest BCUT2D eigenvalue weighted by atomic mass is 79.9. The number of carbonyl (C=O) groups excluding carboxylic acids is 1. The Labute approximate surface area is 146 Å². The number of aryl methyl sites for hydroxylation is 1. The van der Waals surface area contributed by atoms with E-state index in [9.17, 15) is 14.9 Å². The molecule has 0 saturated carbocycles. The molecule has 1 amide bonds. The second kappa shape index (κ2) is 6.52. The summed E-state index contributed by atoms with van der Waals surface area (Å²) in [6.45, 7) is 2.55. The molecule has 1 aliphatic rings. The third kappa shape index (κ3) is 3.21. The van der Waals surface area contributed by atoms with Crippen LogP contribution in [0.4, 0.5) is 17.3 Å². The molecule has 1 N–H and O–H groups in total. The summed E-state index contributed by atoms with van der Waals surface area (Å²) in [7, 11) is 0. The topological polar surface area (TPSA) is 101 Å². The van der Waals surface area contributed by atoms with Crippen LogP contribution < -0.4 is 10.2 Å². The molecule has 1 aliphatic heterocycles. The van der Waals surface area contributed by atoms with Crippen molar-refractivity contribution in [3.63, 3.8) is 0 Å². The molecular weight excluding hydrogens is 378 g/mol. The smallest absolute Gasteiger partial charge is 0.305 e. The lowest BCUT2D eigenvalue weighted by atomic mass is 10.2. The summed E-state index contributed by atoms with van der Waals surface area (Å²) in [5.74, 6) is 0.131. The molecule has 1 aromatic carbocycles. The molecule has 2 heterocycles. The van der Waals surface area contributed by atoms with Crippen LogP contribution >= 0.6 is 15.9 Å². The van der Waals surface area contributed by atoms with Crippen molar-refractivity contribution in [3.8, 4) is 0 Å². The third-order valence-electron chi connectivity index (χ3n) is 3.81. The molecule has 0 bridgehead atoms. The maximum atomic E-state index is 12.6. The SMILES string of the molecule is Cc1cc(N2CCC(Nc3ncc([N+](=O)[O-])cn3)C2=O)ccc1Br. The third-order valence-corrected chi connectivity index (χ3v) is 4.70. The fourth-order valence-corrected chi connectivity index (χ4v) is 2.76. The zero-order valence-corrected chi connectivity index (χ0v) is 14.4. The van der Waals surface area contributed by atoms with Crippen molar-refractivity contribution in [2.45, 2.75) is 19.4 Å². The normalized spacial score (nSPS) is 17.2. The lowest BCUT2D eigenvalue weighted by Gasteiger charge is -2.18. The molecule has 2 aromatic rings. The number of aromatic nitrogens is 2. The van der Waals surface area contributed by atoms with Gasteiger partial charge in [0.2, 0.25) is 11.9 Å². The van der Waals surface area contributed by atoms with Crippen molar-refractivity contribution in [2.75, 3.05) is 16.8 Å². The number of hydrogen-bond donors (Lipinski definition) is 1. The van der Waals surface area contributed by atoms with Crippen LogP contribution in [0.15, 0.2) is 35.1 Å². The van der Waals surface area contributed by atoms with Crippen molar-refractivity contribution in [1.82, 2.24) is 9.97 Å².